The van der Waals surface area contributed by atoms with Crippen LogP contribution in [0.15, 0.2) is 30.5 Å². The molecule has 290 valence electrons. The van der Waals surface area contributed by atoms with Crippen LogP contribution in [-0.4, -0.2) is 121 Å². The lowest BCUT2D eigenvalue weighted by Gasteiger charge is -2.40. The molecule has 4 amide bonds. The number of carbonyl (C=O) groups excluding carboxylic acids is 4. The van der Waals surface area contributed by atoms with Gasteiger partial charge >= 0.3 is 0 Å². The van der Waals surface area contributed by atoms with Crippen molar-refractivity contribution >= 4 is 34.5 Å². The minimum absolute atomic E-state index is 0.0364. The van der Waals surface area contributed by atoms with Crippen LogP contribution in [0.3, 0.4) is 0 Å². The van der Waals surface area contributed by atoms with Crippen molar-refractivity contribution in [2.45, 2.75) is 116 Å². The molecule has 2 saturated heterocycles. The quantitative estimate of drug-likeness (QED) is 0.223. The number of likely N-dealkylation sites (N-methyl/N-ethyl adjacent to an activating group) is 1. The summed E-state index contributed by atoms with van der Waals surface area (Å²) in [6.45, 7) is 11.1. The number of methoxy groups -OCH3 is 2. The molecule has 4 rings (SSSR count). The number of benzene rings is 1. The van der Waals surface area contributed by atoms with Gasteiger partial charge in [0.25, 0.3) is 5.91 Å². The van der Waals surface area contributed by atoms with E-state index in [-0.39, 0.29) is 60.4 Å². The molecule has 13 heteroatoms. The third-order valence-electron chi connectivity index (χ3n) is 11.2. The molecule has 2 aliphatic heterocycles. The summed E-state index contributed by atoms with van der Waals surface area (Å²) in [6.07, 6.45) is 4.93. The molecular formula is C39H62N6O7. The van der Waals surface area contributed by atoms with E-state index >= 15 is 0 Å². The van der Waals surface area contributed by atoms with E-state index in [9.17, 15) is 19.2 Å². The second kappa shape index (κ2) is 19.0. The third kappa shape index (κ3) is 9.52. The molecule has 1 aromatic heterocycles. The third-order valence-corrected chi connectivity index (χ3v) is 11.2. The molecular weight excluding hydrogens is 664 g/mol. The molecule has 0 saturated carbocycles. The largest absolute Gasteiger partial charge is 0.379 e. The van der Waals surface area contributed by atoms with Crippen molar-refractivity contribution in [2.75, 3.05) is 41.0 Å². The maximum absolute atomic E-state index is 14.1. The first-order valence-electron chi connectivity index (χ1n) is 19.0. The fourth-order valence-corrected chi connectivity index (χ4v) is 7.79. The number of hydrogen-bond acceptors (Lipinski definition) is 8. The molecule has 8 atom stereocenters. The van der Waals surface area contributed by atoms with E-state index in [1.54, 1.807) is 38.0 Å². The standard InChI is InChI=1S/C39H62N6O7/c1-9-25(4)35(43(6)39(49)34(40)24(2)3)32(50-7)22-33(46)44-18-14-17-31(44)36(51-8)26(5)37(47)42-30(38(48)45-19-12-13-20-52-45)21-27-23-41-29-16-11-10-15-28(27)29/h10-11,15-16,23-26,30-32,34-36,41H,9,12-14,17-22,40H2,1-8H3,(H,42,47)/t25?,26?,30?,31-,32?,34?,35?,36?/m0/s1. The Labute approximate surface area is 309 Å². The number of likely N-dealkylation sites (tertiary alicyclic amines) is 1. The zero-order chi connectivity index (χ0) is 38.1. The highest BCUT2D eigenvalue weighted by atomic mass is 16.7. The minimum Gasteiger partial charge on any atom is -0.379 e. The van der Waals surface area contributed by atoms with E-state index in [4.69, 9.17) is 20.0 Å². The van der Waals surface area contributed by atoms with Gasteiger partial charge in [0.05, 0.1) is 49.3 Å². The summed E-state index contributed by atoms with van der Waals surface area (Å²) in [5.41, 5.74) is 8.12. The minimum atomic E-state index is -0.866. The average molecular weight is 727 g/mol. The van der Waals surface area contributed by atoms with Gasteiger partial charge < -0.3 is 35.3 Å². The van der Waals surface area contributed by atoms with Crippen LogP contribution in [-0.2, 0) is 39.9 Å². The highest BCUT2D eigenvalue weighted by Gasteiger charge is 2.43. The number of aromatic nitrogens is 1. The van der Waals surface area contributed by atoms with Crippen LogP contribution in [0.5, 0.6) is 0 Å². The molecule has 0 bridgehead atoms. The Kier molecular flexibility index (Phi) is 15.1. The van der Waals surface area contributed by atoms with Crippen LogP contribution in [0.25, 0.3) is 10.9 Å². The summed E-state index contributed by atoms with van der Waals surface area (Å²) in [5.74, 6) is -1.61. The summed E-state index contributed by atoms with van der Waals surface area (Å²) in [6, 6.07) is 5.61. The second-order valence-electron chi connectivity index (χ2n) is 15.0. The van der Waals surface area contributed by atoms with Crippen molar-refractivity contribution in [3.63, 3.8) is 0 Å². The zero-order valence-corrected chi connectivity index (χ0v) is 32.4. The van der Waals surface area contributed by atoms with E-state index in [2.05, 4.69) is 24.1 Å². The van der Waals surface area contributed by atoms with Crippen molar-refractivity contribution in [1.29, 1.82) is 0 Å². The van der Waals surface area contributed by atoms with E-state index < -0.39 is 30.2 Å². The monoisotopic (exact) mass is 726 g/mol. The molecule has 13 nitrogen and oxygen atoms in total. The molecule has 52 heavy (non-hydrogen) atoms. The predicted molar refractivity (Wildman–Crippen MR) is 200 cm³/mol. The average Bonchev–Trinajstić information content (AvgIpc) is 3.81. The number of amides is 4. The van der Waals surface area contributed by atoms with Gasteiger partial charge in [-0.05, 0) is 49.1 Å². The van der Waals surface area contributed by atoms with E-state index in [1.807, 2.05) is 44.3 Å². The van der Waals surface area contributed by atoms with Crippen molar-refractivity contribution in [3.8, 4) is 0 Å². The van der Waals surface area contributed by atoms with Gasteiger partial charge in [0.2, 0.25) is 17.7 Å². The van der Waals surface area contributed by atoms with Crippen LogP contribution < -0.4 is 11.1 Å². The van der Waals surface area contributed by atoms with Gasteiger partial charge in [-0.15, -0.1) is 0 Å². The first kappa shape index (κ1) is 41.2. The number of aromatic amines is 1. The number of rotatable bonds is 17. The molecule has 0 spiro atoms. The predicted octanol–water partition coefficient (Wildman–Crippen LogP) is 3.65. The number of H-pyrrole nitrogens is 1. The molecule has 2 aromatic rings. The van der Waals surface area contributed by atoms with Gasteiger partial charge in [-0.3, -0.25) is 24.0 Å². The Balaban J connectivity index is 1.50. The van der Waals surface area contributed by atoms with Crippen LogP contribution in [0.1, 0.15) is 78.7 Å². The van der Waals surface area contributed by atoms with Gasteiger partial charge in [-0.1, -0.05) is 59.2 Å². The highest BCUT2D eigenvalue weighted by Crippen LogP contribution is 2.30. The van der Waals surface area contributed by atoms with Gasteiger partial charge in [-0.2, -0.15) is 0 Å². The number of ether oxygens (including phenoxy) is 2. The van der Waals surface area contributed by atoms with Crippen molar-refractivity contribution in [1.82, 2.24) is 25.2 Å². The van der Waals surface area contributed by atoms with Crippen LogP contribution in [0.4, 0.5) is 0 Å². The number of para-hydroxylation sites is 1. The zero-order valence-electron chi connectivity index (χ0n) is 32.4. The maximum atomic E-state index is 14.1. The Morgan fingerprint density at radius 1 is 1.06 bits per heavy atom. The molecule has 7 unspecified atom stereocenters. The van der Waals surface area contributed by atoms with Gasteiger partial charge in [0.15, 0.2) is 0 Å². The SMILES string of the molecule is CCC(C)C(C(CC(=O)N1CCC[C@H]1C(OC)C(C)C(=O)NC(Cc1c[nH]c2ccccc12)C(=O)N1CCCCO1)OC)N(C)C(=O)C(N)C(C)C. The summed E-state index contributed by atoms with van der Waals surface area (Å²) in [4.78, 5) is 67.8. The lowest BCUT2D eigenvalue weighted by molar-refractivity contribution is -0.199. The van der Waals surface area contributed by atoms with Gasteiger partial charge in [0.1, 0.15) is 6.04 Å². The van der Waals surface area contributed by atoms with Crippen molar-refractivity contribution in [3.05, 3.63) is 36.0 Å². The second-order valence-corrected chi connectivity index (χ2v) is 15.0. The van der Waals surface area contributed by atoms with E-state index in [0.29, 0.717) is 26.1 Å². The fourth-order valence-electron chi connectivity index (χ4n) is 7.79. The Hall–Kier alpha value is -3.52. The van der Waals surface area contributed by atoms with Crippen molar-refractivity contribution in [2.24, 2.45) is 23.5 Å². The van der Waals surface area contributed by atoms with Crippen LogP contribution in [0, 0.1) is 17.8 Å². The molecule has 1 aromatic carbocycles. The van der Waals surface area contributed by atoms with Crippen LogP contribution >= 0.6 is 0 Å². The summed E-state index contributed by atoms with van der Waals surface area (Å²) < 4.78 is 11.9. The van der Waals surface area contributed by atoms with E-state index in [1.165, 1.54) is 5.06 Å². The Morgan fingerprint density at radius 3 is 2.42 bits per heavy atom. The lowest BCUT2D eigenvalue weighted by atomic mass is 9.89. The number of carbonyl (C=O) groups is 4. The first-order valence-corrected chi connectivity index (χ1v) is 19.0. The van der Waals surface area contributed by atoms with Crippen molar-refractivity contribution < 1.29 is 33.5 Å². The maximum Gasteiger partial charge on any atom is 0.269 e. The summed E-state index contributed by atoms with van der Waals surface area (Å²) >= 11 is 0. The lowest BCUT2D eigenvalue weighted by Crippen LogP contribution is -2.56. The molecule has 3 heterocycles. The molecule has 4 N–H and O–H groups in total. The normalized spacial score (nSPS) is 20.6. The first-order chi connectivity index (χ1) is 24.8. The molecule has 2 fully saturated rings. The smallest absolute Gasteiger partial charge is 0.269 e. The number of fused-ring (bicyclic) bond motifs is 1. The number of hydroxylamine groups is 2. The van der Waals surface area contributed by atoms with Gasteiger partial charge in [-0.25, -0.2) is 5.06 Å². The number of hydrogen-bond donors (Lipinski definition) is 3. The summed E-state index contributed by atoms with van der Waals surface area (Å²) in [7, 11) is 4.87. The summed E-state index contributed by atoms with van der Waals surface area (Å²) in [5, 5.41) is 5.40. The van der Waals surface area contributed by atoms with Crippen LogP contribution in [0.2, 0.25) is 0 Å². The Morgan fingerprint density at radius 2 is 1.79 bits per heavy atom. The topological polar surface area (TPSA) is 160 Å². The number of nitrogens with one attached hydrogen (secondary N) is 2. The number of nitrogens with two attached hydrogens (primary N) is 1. The molecule has 2 aliphatic rings. The molecule has 0 radical (unpaired) electrons. The number of nitrogens with zero attached hydrogens (tertiary/aromatic N) is 3. The molecule has 0 aliphatic carbocycles. The highest BCUT2D eigenvalue weighted by molar-refractivity contribution is 5.90. The Bertz CT molecular complexity index is 1490. The fraction of sp³-hybridized carbons (Fsp3) is 0.692. The van der Waals surface area contributed by atoms with E-state index in [0.717, 1.165) is 42.1 Å². The van der Waals surface area contributed by atoms with Gasteiger partial charge in [0, 0.05) is 57.9 Å².